The number of methoxy groups -OCH3 is 1. The lowest BCUT2D eigenvalue weighted by atomic mass is 10.1. The molecule has 1 heterocycles. The lowest BCUT2D eigenvalue weighted by Crippen LogP contribution is -2.50. The molecule has 0 aromatic rings. The first-order valence-corrected chi connectivity index (χ1v) is 7.48. The summed E-state index contributed by atoms with van der Waals surface area (Å²) in [7, 11) is 1.66. The summed E-state index contributed by atoms with van der Waals surface area (Å²) in [6.45, 7) is 3.31. The Morgan fingerprint density at radius 1 is 1.65 bits per heavy atom. The zero-order valence-corrected chi connectivity index (χ0v) is 11.7. The fourth-order valence-electron chi connectivity index (χ4n) is 2.08. The van der Waals surface area contributed by atoms with Gasteiger partial charge in [0.2, 0.25) is 5.91 Å². The van der Waals surface area contributed by atoms with Gasteiger partial charge in [0, 0.05) is 25.4 Å². The Morgan fingerprint density at radius 3 is 2.94 bits per heavy atom. The number of ether oxygens (including phenoxy) is 1. The van der Waals surface area contributed by atoms with E-state index in [0.29, 0.717) is 19.2 Å². The molecule has 1 rings (SSSR count). The highest BCUT2D eigenvalue weighted by atomic mass is 32.2. The Morgan fingerprint density at radius 2 is 2.41 bits per heavy atom. The summed E-state index contributed by atoms with van der Waals surface area (Å²) in [5, 5.41) is 0. The van der Waals surface area contributed by atoms with E-state index < -0.39 is 0 Å². The van der Waals surface area contributed by atoms with Crippen molar-refractivity contribution in [2.75, 3.05) is 31.8 Å². The zero-order chi connectivity index (χ0) is 12.7. The van der Waals surface area contributed by atoms with Crippen LogP contribution in [0.2, 0.25) is 0 Å². The van der Waals surface area contributed by atoms with Crippen LogP contribution in [0, 0.1) is 0 Å². The van der Waals surface area contributed by atoms with Crippen LogP contribution >= 0.6 is 11.8 Å². The molecule has 4 nitrogen and oxygen atoms in total. The fourth-order valence-corrected chi connectivity index (χ4v) is 3.30. The Bertz CT molecular complexity index is 233. The van der Waals surface area contributed by atoms with Crippen LogP contribution in [0.25, 0.3) is 0 Å². The first-order chi connectivity index (χ1) is 8.20. The number of rotatable bonds is 7. The van der Waals surface area contributed by atoms with E-state index in [9.17, 15) is 4.79 Å². The van der Waals surface area contributed by atoms with Crippen molar-refractivity contribution in [2.45, 2.75) is 38.3 Å². The third-order valence-corrected chi connectivity index (χ3v) is 4.23. The molecule has 1 saturated heterocycles. The minimum atomic E-state index is -0.345. The molecule has 100 valence electrons. The Balaban J connectivity index is 2.57. The van der Waals surface area contributed by atoms with E-state index in [-0.39, 0.29) is 11.9 Å². The van der Waals surface area contributed by atoms with Crippen molar-refractivity contribution in [2.24, 2.45) is 5.73 Å². The molecule has 0 saturated carbocycles. The average Bonchev–Trinajstić information content (AvgIpc) is 2.83. The maximum Gasteiger partial charge on any atom is 0.239 e. The predicted octanol–water partition coefficient (Wildman–Crippen LogP) is 1.09. The van der Waals surface area contributed by atoms with Crippen LogP contribution in [0.3, 0.4) is 0 Å². The quantitative estimate of drug-likeness (QED) is 0.744. The molecule has 0 spiro atoms. The van der Waals surface area contributed by atoms with Gasteiger partial charge in [0.1, 0.15) is 0 Å². The van der Waals surface area contributed by atoms with Crippen LogP contribution in [-0.4, -0.2) is 54.7 Å². The van der Waals surface area contributed by atoms with E-state index in [0.717, 1.165) is 30.8 Å². The molecule has 0 aromatic carbocycles. The molecule has 1 fully saturated rings. The van der Waals surface area contributed by atoms with Gasteiger partial charge in [0.05, 0.1) is 12.6 Å². The van der Waals surface area contributed by atoms with Gasteiger partial charge in [-0.25, -0.2) is 0 Å². The van der Waals surface area contributed by atoms with Crippen molar-refractivity contribution in [1.29, 1.82) is 0 Å². The summed E-state index contributed by atoms with van der Waals surface area (Å²) in [6.07, 6.45) is 2.80. The highest BCUT2D eigenvalue weighted by Crippen LogP contribution is 2.23. The van der Waals surface area contributed by atoms with Crippen molar-refractivity contribution in [3.8, 4) is 0 Å². The Hall–Kier alpha value is -0.260. The molecule has 1 unspecified atom stereocenters. The standard InChI is InChI=1S/C12H24N2O2S/c1-3-4-11(13)12(15)14(6-7-16-2)10-5-8-17-9-10/h10-11H,3-9,13H2,1-2H3/t10?,11-/m1/s1. The van der Waals surface area contributed by atoms with E-state index >= 15 is 0 Å². The predicted molar refractivity (Wildman–Crippen MR) is 72.2 cm³/mol. The molecular formula is C12H24N2O2S. The Labute approximate surface area is 108 Å². The number of hydrogen-bond acceptors (Lipinski definition) is 4. The highest BCUT2D eigenvalue weighted by molar-refractivity contribution is 7.99. The summed E-state index contributed by atoms with van der Waals surface area (Å²) in [4.78, 5) is 14.2. The van der Waals surface area contributed by atoms with Crippen LogP contribution in [0.4, 0.5) is 0 Å². The normalized spacial score (nSPS) is 21.5. The van der Waals surface area contributed by atoms with Crippen LogP contribution in [0.1, 0.15) is 26.2 Å². The fraction of sp³-hybridized carbons (Fsp3) is 0.917. The van der Waals surface area contributed by atoms with Crippen molar-refractivity contribution in [3.05, 3.63) is 0 Å². The van der Waals surface area contributed by atoms with E-state index in [1.807, 2.05) is 16.7 Å². The lowest BCUT2D eigenvalue weighted by Gasteiger charge is -2.30. The highest BCUT2D eigenvalue weighted by Gasteiger charge is 2.29. The number of amides is 1. The number of nitrogens with zero attached hydrogens (tertiary/aromatic N) is 1. The summed E-state index contributed by atoms with van der Waals surface area (Å²) >= 11 is 1.91. The first-order valence-electron chi connectivity index (χ1n) is 6.33. The van der Waals surface area contributed by atoms with Gasteiger partial charge in [-0.1, -0.05) is 13.3 Å². The summed E-state index contributed by atoms with van der Waals surface area (Å²) in [6, 6.07) is 0.00742. The van der Waals surface area contributed by atoms with Gasteiger partial charge in [-0.3, -0.25) is 4.79 Å². The molecule has 2 N–H and O–H groups in total. The molecule has 1 amide bonds. The summed E-state index contributed by atoms with van der Waals surface area (Å²) < 4.78 is 5.08. The molecule has 17 heavy (non-hydrogen) atoms. The number of hydrogen-bond donors (Lipinski definition) is 1. The van der Waals surface area contributed by atoms with Gasteiger partial charge in [0.15, 0.2) is 0 Å². The number of carbonyl (C=O) groups is 1. The number of carbonyl (C=O) groups excluding carboxylic acids is 1. The zero-order valence-electron chi connectivity index (χ0n) is 10.9. The van der Waals surface area contributed by atoms with E-state index in [4.69, 9.17) is 10.5 Å². The topological polar surface area (TPSA) is 55.6 Å². The molecule has 1 aliphatic heterocycles. The van der Waals surface area contributed by atoms with Crippen molar-refractivity contribution in [1.82, 2.24) is 4.90 Å². The van der Waals surface area contributed by atoms with Gasteiger partial charge in [-0.15, -0.1) is 0 Å². The Kier molecular flexibility index (Phi) is 6.92. The molecular weight excluding hydrogens is 236 g/mol. The van der Waals surface area contributed by atoms with Crippen molar-refractivity contribution < 1.29 is 9.53 Å². The average molecular weight is 260 g/mol. The van der Waals surface area contributed by atoms with Crippen LogP contribution in [0.15, 0.2) is 0 Å². The second kappa shape index (κ2) is 7.95. The van der Waals surface area contributed by atoms with Crippen molar-refractivity contribution in [3.63, 3.8) is 0 Å². The van der Waals surface area contributed by atoms with Crippen LogP contribution in [0.5, 0.6) is 0 Å². The minimum absolute atomic E-state index is 0.0939. The summed E-state index contributed by atoms with van der Waals surface area (Å²) in [5.74, 6) is 2.27. The molecule has 1 aliphatic rings. The van der Waals surface area contributed by atoms with Gasteiger partial charge in [0.25, 0.3) is 0 Å². The van der Waals surface area contributed by atoms with Gasteiger partial charge >= 0.3 is 0 Å². The smallest absolute Gasteiger partial charge is 0.239 e. The minimum Gasteiger partial charge on any atom is -0.383 e. The molecule has 0 bridgehead atoms. The second-order valence-corrected chi connectivity index (χ2v) is 5.59. The number of thioether (sulfide) groups is 1. The molecule has 0 aliphatic carbocycles. The van der Waals surface area contributed by atoms with Crippen molar-refractivity contribution >= 4 is 17.7 Å². The van der Waals surface area contributed by atoms with Gasteiger partial charge in [-0.2, -0.15) is 11.8 Å². The van der Waals surface area contributed by atoms with Crippen LogP contribution < -0.4 is 5.73 Å². The third kappa shape index (κ3) is 4.48. The van der Waals surface area contributed by atoms with Gasteiger partial charge in [-0.05, 0) is 18.6 Å². The SMILES string of the molecule is CCC[C@@H](N)C(=O)N(CCOC)C1CCSC1. The van der Waals surface area contributed by atoms with E-state index in [1.165, 1.54) is 0 Å². The molecule has 0 aromatic heterocycles. The van der Waals surface area contributed by atoms with Crippen LogP contribution in [-0.2, 0) is 9.53 Å². The van der Waals surface area contributed by atoms with Gasteiger partial charge < -0.3 is 15.4 Å². The third-order valence-electron chi connectivity index (χ3n) is 3.08. The van der Waals surface area contributed by atoms with E-state index in [1.54, 1.807) is 7.11 Å². The maximum atomic E-state index is 12.3. The monoisotopic (exact) mass is 260 g/mol. The lowest BCUT2D eigenvalue weighted by molar-refractivity contribution is -0.135. The number of nitrogens with two attached hydrogens (primary N) is 1. The maximum absolute atomic E-state index is 12.3. The molecule has 0 radical (unpaired) electrons. The largest absolute Gasteiger partial charge is 0.383 e. The molecule has 2 atom stereocenters. The van der Waals surface area contributed by atoms with E-state index in [2.05, 4.69) is 6.92 Å². The molecule has 5 heteroatoms. The second-order valence-electron chi connectivity index (χ2n) is 4.44. The first kappa shape index (κ1) is 14.8. The summed E-state index contributed by atoms with van der Waals surface area (Å²) in [5.41, 5.74) is 5.93.